The van der Waals surface area contributed by atoms with E-state index in [1.165, 1.54) is 70.6 Å². The number of hydrogen-bond acceptors (Lipinski definition) is 2. The smallest absolute Gasteiger partial charge is 0.309 e. The van der Waals surface area contributed by atoms with Gasteiger partial charge in [0, 0.05) is 0 Å². The highest BCUT2D eigenvalue weighted by Crippen LogP contribution is 2.34. The predicted molar refractivity (Wildman–Crippen MR) is 118 cm³/mol. The molecule has 158 valence electrons. The van der Waals surface area contributed by atoms with Crippen molar-refractivity contribution in [1.29, 1.82) is 0 Å². The Balaban J connectivity index is 1.59. The molecule has 2 heteroatoms. The summed E-state index contributed by atoms with van der Waals surface area (Å²) in [6.45, 7) is 4.37. The third-order valence-electron chi connectivity index (χ3n) is 6.45. The summed E-state index contributed by atoms with van der Waals surface area (Å²) in [5.74, 6) is 0.981. The molecule has 28 heavy (non-hydrogen) atoms. The molecule has 1 fully saturated rings. The van der Waals surface area contributed by atoms with Crippen LogP contribution in [0.1, 0.15) is 115 Å². The van der Waals surface area contributed by atoms with E-state index in [0.717, 1.165) is 30.7 Å². The number of benzene rings is 1. The van der Waals surface area contributed by atoms with Crippen LogP contribution < -0.4 is 0 Å². The number of carbonyl (C=O) groups is 1. The highest BCUT2D eigenvalue weighted by atomic mass is 16.5. The summed E-state index contributed by atoms with van der Waals surface area (Å²) >= 11 is 0. The van der Waals surface area contributed by atoms with Crippen molar-refractivity contribution in [2.45, 2.75) is 110 Å². The van der Waals surface area contributed by atoms with Crippen molar-refractivity contribution in [3.63, 3.8) is 0 Å². The standard InChI is InChI=1S/C26H42O2/c1-3-5-6-7-8-9-10-12-15-22-18-20-24(21-19-22)26(27)28-25(4-2)23-16-13-11-14-17-23/h11,13-14,16-17,22,24-25H,3-10,12,15,18-21H2,1-2H3. The van der Waals surface area contributed by atoms with Gasteiger partial charge in [-0.2, -0.15) is 0 Å². The van der Waals surface area contributed by atoms with E-state index in [0.29, 0.717) is 0 Å². The van der Waals surface area contributed by atoms with Crippen molar-refractivity contribution >= 4 is 5.97 Å². The summed E-state index contributed by atoms with van der Waals surface area (Å²) < 4.78 is 5.87. The van der Waals surface area contributed by atoms with Crippen molar-refractivity contribution < 1.29 is 9.53 Å². The molecular formula is C26H42O2. The summed E-state index contributed by atoms with van der Waals surface area (Å²) in [7, 11) is 0. The molecule has 0 heterocycles. The SMILES string of the molecule is CCCCCCCCCCC1CCC(C(=O)OC(CC)c2ccccc2)CC1. The molecule has 1 unspecified atom stereocenters. The van der Waals surface area contributed by atoms with Crippen LogP contribution in [0.3, 0.4) is 0 Å². The van der Waals surface area contributed by atoms with Gasteiger partial charge in [-0.1, -0.05) is 102 Å². The van der Waals surface area contributed by atoms with E-state index in [1.54, 1.807) is 0 Å². The largest absolute Gasteiger partial charge is 0.457 e. The van der Waals surface area contributed by atoms with Crippen LogP contribution in [0, 0.1) is 11.8 Å². The maximum absolute atomic E-state index is 12.6. The monoisotopic (exact) mass is 386 g/mol. The summed E-state index contributed by atoms with van der Waals surface area (Å²) in [4.78, 5) is 12.6. The number of rotatable bonds is 13. The molecule has 0 bridgehead atoms. The molecule has 0 N–H and O–H groups in total. The van der Waals surface area contributed by atoms with Crippen LogP contribution in [0.5, 0.6) is 0 Å². The lowest BCUT2D eigenvalue weighted by molar-refractivity contribution is -0.156. The van der Waals surface area contributed by atoms with Crippen LogP contribution in [-0.4, -0.2) is 5.97 Å². The van der Waals surface area contributed by atoms with Gasteiger partial charge in [-0.25, -0.2) is 0 Å². The zero-order chi connectivity index (χ0) is 20.0. The molecule has 0 spiro atoms. The first-order valence-corrected chi connectivity index (χ1v) is 12.0. The molecule has 1 saturated carbocycles. The molecule has 0 amide bonds. The third-order valence-corrected chi connectivity index (χ3v) is 6.45. The Morgan fingerprint density at radius 3 is 2.11 bits per heavy atom. The summed E-state index contributed by atoms with van der Waals surface area (Å²) in [6, 6.07) is 10.2. The molecule has 1 aliphatic rings. The fourth-order valence-corrected chi connectivity index (χ4v) is 4.54. The van der Waals surface area contributed by atoms with Crippen LogP contribution in [0.15, 0.2) is 30.3 Å². The Morgan fingerprint density at radius 2 is 1.50 bits per heavy atom. The van der Waals surface area contributed by atoms with E-state index < -0.39 is 0 Å². The van der Waals surface area contributed by atoms with Crippen molar-refractivity contribution in [1.82, 2.24) is 0 Å². The molecule has 2 rings (SSSR count). The zero-order valence-electron chi connectivity index (χ0n) is 18.3. The van der Waals surface area contributed by atoms with Crippen LogP contribution in [0.25, 0.3) is 0 Å². The van der Waals surface area contributed by atoms with Gasteiger partial charge in [0.05, 0.1) is 5.92 Å². The van der Waals surface area contributed by atoms with Crippen LogP contribution in [-0.2, 0) is 9.53 Å². The van der Waals surface area contributed by atoms with Gasteiger partial charge in [0.25, 0.3) is 0 Å². The average molecular weight is 387 g/mol. The van der Waals surface area contributed by atoms with Crippen LogP contribution in [0.2, 0.25) is 0 Å². The normalized spacial score (nSPS) is 20.6. The van der Waals surface area contributed by atoms with Crippen molar-refractivity contribution in [3.05, 3.63) is 35.9 Å². The number of unbranched alkanes of at least 4 members (excludes halogenated alkanes) is 7. The van der Waals surface area contributed by atoms with Gasteiger partial charge in [-0.3, -0.25) is 4.79 Å². The highest BCUT2D eigenvalue weighted by molar-refractivity contribution is 5.72. The van der Waals surface area contributed by atoms with Crippen LogP contribution in [0.4, 0.5) is 0 Å². The fraction of sp³-hybridized carbons (Fsp3) is 0.731. The van der Waals surface area contributed by atoms with E-state index in [1.807, 2.05) is 18.2 Å². The Labute approximate surface area is 173 Å². The second-order valence-corrected chi connectivity index (χ2v) is 8.73. The molecular weight excluding hydrogens is 344 g/mol. The topological polar surface area (TPSA) is 26.3 Å². The van der Waals surface area contributed by atoms with E-state index in [-0.39, 0.29) is 18.0 Å². The fourth-order valence-electron chi connectivity index (χ4n) is 4.54. The van der Waals surface area contributed by atoms with Crippen molar-refractivity contribution in [2.24, 2.45) is 11.8 Å². The second kappa shape index (κ2) is 13.8. The molecule has 1 aromatic rings. The number of esters is 1. The van der Waals surface area contributed by atoms with Gasteiger partial charge in [0.1, 0.15) is 6.10 Å². The molecule has 0 radical (unpaired) electrons. The Kier molecular flexibility index (Phi) is 11.3. The first-order chi connectivity index (χ1) is 13.7. The highest BCUT2D eigenvalue weighted by Gasteiger charge is 2.28. The quantitative estimate of drug-likeness (QED) is 0.253. The molecule has 1 aliphatic carbocycles. The number of ether oxygens (including phenoxy) is 1. The predicted octanol–water partition coefficient (Wildman–Crippen LogP) is 8.02. The lowest BCUT2D eigenvalue weighted by atomic mass is 9.79. The first kappa shape index (κ1) is 23.0. The van der Waals surface area contributed by atoms with Gasteiger partial charge in [0.2, 0.25) is 0 Å². The first-order valence-electron chi connectivity index (χ1n) is 12.0. The minimum Gasteiger partial charge on any atom is -0.457 e. The van der Waals surface area contributed by atoms with Crippen molar-refractivity contribution in [2.75, 3.05) is 0 Å². The average Bonchev–Trinajstić information content (AvgIpc) is 2.74. The minimum atomic E-state index is -0.0938. The van der Waals surface area contributed by atoms with E-state index >= 15 is 0 Å². The van der Waals surface area contributed by atoms with E-state index in [9.17, 15) is 4.79 Å². The van der Waals surface area contributed by atoms with Gasteiger partial charge < -0.3 is 4.74 Å². The number of carbonyl (C=O) groups excluding carboxylic acids is 1. The zero-order valence-corrected chi connectivity index (χ0v) is 18.3. The van der Waals surface area contributed by atoms with Gasteiger partial charge in [0.15, 0.2) is 0 Å². The molecule has 0 saturated heterocycles. The lowest BCUT2D eigenvalue weighted by Gasteiger charge is -2.28. The summed E-state index contributed by atoms with van der Waals surface area (Å²) in [6.07, 6.45) is 17.7. The molecule has 0 aliphatic heterocycles. The summed E-state index contributed by atoms with van der Waals surface area (Å²) in [5, 5.41) is 0. The maximum Gasteiger partial charge on any atom is 0.309 e. The molecule has 1 aromatic carbocycles. The molecule has 1 atom stereocenters. The maximum atomic E-state index is 12.6. The third kappa shape index (κ3) is 8.37. The number of hydrogen-bond donors (Lipinski definition) is 0. The van der Waals surface area contributed by atoms with Crippen LogP contribution >= 0.6 is 0 Å². The van der Waals surface area contributed by atoms with E-state index in [4.69, 9.17) is 4.74 Å². The minimum absolute atomic E-state index is 0.0289. The van der Waals surface area contributed by atoms with Gasteiger partial charge >= 0.3 is 5.97 Å². The van der Waals surface area contributed by atoms with Gasteiger partial charge in [-0.05, 0) is 43.6 Å². The Hall–Kier alpha value is -1.31. The molecule has 0 aromatic heterocycles. The van der Waals surface area contributed by atoms with E-state index in [2.05, 4.69) is 26.0 Å². The van der Waals surface area contributed by atoms with Crippen molar-refractivity contribution in [3.8, 4) is 0 Å². The molecule has 2 nitrogen and oxygen atoms in total. The summed E-state index contributed by atoms with van der Waals surface area (Å²) in [5.41, 5.74) is 1.11. The Morgan fingerprint density at radius 1 is 0.893 bits per heavy atom. The second-order valence-electron chi connectivity index (χ2n) is 8.73. The van der Waals surface area contributed by atoms with Gasteiger partial charge in [-0.15, -0.1) is 0 Å². The Bertz CT molecular complexity index is 516. The lowest BCUT2D eigenvalue weighted by Crippen LogP contribution is -2.25.